The number of aliphatic hydroxyl groups is 2. The molecule has 0 aliphatic carbocycles. The van der Waals surface area contributed by atoms with Crippen LogP contribution in [0.1, 0.15) is 265 Å². The summed E-state index contributed by atoms with van der Waals surface area (Å²) in [5.41, 5.74) is 0. The smallest absolute Gasteiger partial charge is 0.335 e. The average molecular weight is 1060 g/mol. The lowest BCUT2D eigenvalue weighted by Gasteiger charge is -2.40. The van der Waals surface area contributed by atoms with Gasteiger partial charge in [0, 0.05) is 19.3 Å². The second kappa shape index (κ2) is 51.2. The Labute approximate surface area is 456 Å². The van der Waals surface area contributed by atoms with Crippen LogP contribution in [0.5, 0.6) is 0 Å². The Hall–Kier alpha value is -3.58. The highest BCUT2D eigenvalue weighted by atomic mass is 16.7. The van der Waals surface area contributed by atoms with E-state index in [0.717, 1.165) is 109 Å². The fourth-order valence-corrected chi connectivity index (χ4v) is 8.94. The first-order valence-electron chi connectivity index (χ1n) is 30.3. The molecule has 75 heavy (non-hydrogen) atoms. The Morgan fingerprint density at radius 2 is 0.840 bits per heavy atom. The quantitative estimate of drug-likeness (QED) is 0.0228. The number of aliphatic hydroxyl groups excluding tert-OH is 2. The van der Waals surface area contributed by atoms with Crippen molar-refractivity contribution in [1.29, 1.82) is 0 Å². The van der Waals surface area contributed by atoms with E-state index < -0.39 is 67.3 Å². The first-order chi connectivity index (χ1) is 36.6. The molecule has 1 saturated heterocycles. The molecule has 0 aromatic rings. The summed E-state index contributed by atoms with van der Waals surface area (Å²) in [7, 11) is 0. The molecule has 0 saturated carbocycles. The Balaban J connectivity index is 2.70. The Bertz CT molecular complexity index is 1540. The van der Waals surface area contributed by atoms with Crippen LogP contribution >= 0.6 is 0 Å². The second-order valence-corrected chi connectivity index (χ2v) is 20.6. The first-order valence-corrected chi connectivity index (χ1v) is 30.3. The number of carbonyl (C=O) groups excluding carboxylic acids is 3. The average Bonchev–Trinajstić information content (AvgIpc) is 3.39. The van der Waals surface area contributed by atoms with Crippen LogP contribution in [0, 0.1) is 0 Å². The maximum absolute atomic E-state index is 13.1. The molecule has 3 N–H and O–H groups in total. The minimum Gasteiger partial charge on any atom is -0.479 e. The number of esters is 3. The summed E-state index contributed by atoms with van der Waals surface area (Å²) in [5, 5.41) is 31.5. The van der Waals surface area contributed by atoms with Crippen molar-refractivity contribution in [3.05, 3.63) is 60.8 Å². The van der Waals surface area contributed by atoms with Gasteiger partial charge in [-0.05, 0) is 83.5 Å². The summed E-state index contributed by atoms with van der Waals surface area (Å²) in [6.07, 6.45) is 50.4. The maximum atomic E-state index is 13.1. The topological polar surface area (TPSA) is 175 Å². The number of hydrogen-bond acceptors (Lipinski definition) is 11. The zero-order valence-corrected chi connectivity index (χ0v) is 47.5. The molecule has 432 valence electrons. The Morgan fingerprint density at radius 1 is 0.453 bits per heavy atom. The van der Waals surface area contributed by atoms with Crippen molar-refractivity contribution in [3.63, 3.8) is 0 Å². The molecule has 0 radical (unpaired) electrons. The predicted octanol–water partition coefficient (Wildman–Crippen LogP) is 15.6. The number of carboxylic acids is 1. The lowest BCUT2D eigenvalue weighted by molar-refractivity contribution is -0.301. The molecule has 0 bridgehead atoms. The number of ether oxygens (including phenoxy) is 5. The van der Waals surface area contributed by atoms with E-state index in [-0.39, 0.29) is 25.9 Å². The van der Waals surface area contributed by atoms with Crippen molar-refractivity contribution in [2.75, 3.05) is 13.2 Å². The summed E-state index contributed by atoms with van der Waals surface area (Å²) in [6.45, 7) is 5.87. The number of hydrogen-bond donors (Lipinski definition) is 3. The number of aliphatic carboxylic acids is 1. The standard InChI is InChI=1S/C63H108O12/c1-4-7-10-13-16-19-22-25-27-28-30-33-36-39-42-45-48-51-57(66)74-61-59(68)58(67)60(62(69)70)75-63(61)72-53-54(73-56(65)50-47-44-41-38-35-31-24-21-18-15-12-9-6-3)52-71-55(64)49-46-43-40-37-34-32-29-26-23-20-17-14-11-8-5-2/h7,10,16,19,25-27,29-30,33,54,58-61,63,67-68H,4-6,8-9,11-15,17-18,20-24,28,31-32,34-53H2,1-3H3,(H,69,70)/b10-7-,19-16-,27-25-,29-26-,33-30-. The van der Waals surface area contributed by atoms with E-state index in [2.05, 4.69) is 81.5 Å². The van der Waals surface area contributed by atoms with E-state index in [9.17, 15) is 34.5 Å². The summed E-state index contributed by atoms with van der Waals surface area (Å²) in [4.78, 5) is 51.1. The lowest BCUT2D eigenvalue weighted by Crippen LogP contribution is -2.61. The molecular formula is C63H108O12. The molecule has 6 atom stereocenters. The van der Waals surface area contributed by atoms with Crippen LogP contribution in [0.15, 0.2) is 60.8 Å². The number of unbranched alkanes of at least 4 members (excludes halogenated alkanes) is 27. The molecule has 0 aromatic heterocycles. The van der Waals surface area contributed by atoms with Gasteiger partial charge in [-0.15, -0.1) is 0 Å². The largest absolute Gasteiger partial charge is 0.479 e. The number of carbonyl (C=O) groups is 4. The molecule has 1 aliphatic heterocycles. The third-order valence-corrected chi connectivity index (χ3v) is 13.6. The minimum atomic E-state index is -1.91. The van der Waals surface area contributed by atoms with E-state index in [0.29, 0.717) is 19.3 Å². The van der Waals surface area contributed by atoms with Crippen LogP contribution in [-0.4, -0.2) is 89.2 Å². The molecule has 1 rings (SSSR count). The van der Waals surface area contributed by atoms with Crippen molar-refractivity contribution in [2.24, 2.45) is 0 Å². The van der Waals surface area contributed by atoms with Gasteiger partial charge in [0.05, 0.1) is 6.61 Å². The zero-order chi connectivity index (χ0) is 54.7. The molecule has 12 nitrogen and oxygen atoms in total. The van der Waals surface area contributed by atoms with E-state index in [1.165, 1.54) is 96.3 Å². The van der Waals surface area contributed by atoms with Crippen molar-refractivity contribution in [1.82, 2.24) is 0 Å². The normalized spacial score (nSPS) is 18.5. The molecule has 1 heterocycles. The molecule has 0 spiro atoms. The van der Waals surface area contributed by atoms with Gasteiger partial charge in [-0.1, -0.05) is 223 Å². The van der Waals surface area contributed by atoms with Crippen LogP contribution in [0.4, 0.5) is 0 Å². The van der Waals surface area contributed by atoms with Crippen molar-refractivity contribution >= 4 is 23.9 Å². The van der Waals surface area contributed by atoms with Crippen LogP contribution < -0.4 is 0 Å². The Kier molecular flexibility index (Phi) is 47.4. The monoisotopic (exact) mass is 1060 g/mol. The predicted molar refractivity (Wildman–Crippen MR) is 303 cm³/mol. The van der Waals surface area contributed by atoms with Gasteiger partial charge >= 0.3 is 23.9 Å². The highest BCUT2D eigenvalue weighted by Crippen LogP contribution is 2.26. The van der Waals surface area contributed by atoms with E-state index in [1.54, 1.807) is 0 Å². The Morgan fingerprint density at radius 3 is 1.29 bits per heavy atom. The van der Waals surface area contributed by atoms with Crippen molar-refractivity contribution < 1.29 is 58.2 Å². The second-order valence-electron chi connectivity index (χ2n) is 20.6. The zero-order valence-electron chi connectivity index (χ0n) is 47.5. The number of rotatable bonds is 51. The summed E-state index contributed by atoms with van der Waals surface area (Å²) < 4.78 is 28.4. The van der Waals surface area contributed by atoms with E-state index >= 15 is 0 Å². The molecule has 0 aromatic carbocycles. The first kappa shape index (κ1) is 69.4. The van der Waals surface area contributed by atoms with Gasteiger partial charge in [0.1, 0.15) is 18.8 Å². The van der Waals surface area contributed by atoms with Gasteiger partial charge in [0.15, 0.2) is 24.6 Å². The van der Waals surface area contributed by atoms with E-state index in [1.807, 2.05) is 0 Å². The van der Waals surface area contributed by atoms with Gasteiger partial charge in [0.2, 0.25) is 0 Å². The molecule has 1 fully saturated rings. The SMILES string of the molecule is CC/C=C\C/C=C\C/C=C\C/C=C\CCCCCCC(=O)OC1C(OCC(COC(=O)CCCCCCC/C=C\CCCCCCCC)OC(=O)CCCCCCCCCCCCCCC)OC(C(=O)O)C(O)C1O. The van der Waals surface area contributed by atoms with Crippen LogP contribution in [0.3, 0.4) is 0 Å². The summed E-state index contributed by atoms with van der Waals surface area (Å²) in [5.74, 6) is -3.15. The van der Waals surface area contributed by atoms with E-state index in [4.69, 9.17) is 23.7 Å². The van der Waals surface area contributed by atoms with Crippen LogP contribution in [0.2, 0.25) is 0 Å². The maximum Gasteiger partial charge on any atom is 0.335 e. The van der Waals surface area contributed by atoms with Gasteiger partial charge < -0.3 is 39.0 Å². The molecular weight excluding hydrogens is 949 g/mol. The van der Waals surface area contributed by atoms with Crippen LogP contribution in [-0.2, 0) is 42.9 Å². The van der Waals surface area contributed by atoms with Gasteiger partial charge in [-0.3, -0.25) is 14.4 Å². The highest BCUT2D eigenvalue weighted by molar-refractivity contribution is 5.74. The van der Waals surface area contributed by atoms with Gasteiger partial charge in [-0.2, -0.15) is 0 Å². The van der Waals surface area contributed by atoms with Crippen molar-refractivity contribution in [3.8, 4) is 0 Å². The fourth-order valence-electron chi connectivity index (χ4n) is 8.94. The molecule has 12 heteroatoms. The molecule has 0 amide bonds. The third kappa shape index (κ3) is 41.2. The van der Waals surface area contributed by atoms with Crippen molar-refractivity contribution in [2.45, 2.75) is 302 Å². The third-order valence-electron chi connectivity index (χ3n) is 13.6. The minimum absolute atomic E-state index is 0.0322. The summed E-state index contributed by atoms with van der Waals surface area (Å²) in [6, 6.07) is 0. The highest BCUT2D eigenvalue weighted by Gasteiger charge is 2.50. The lowest BCUT2D eigenvalue weighted by atomic mass is 9.98. The summed E-state index contributed by atoms with van der Waals surface area (Å²) >= 11 is 0. The number of carboxylic acid groups (broad SMARTS) is 1. The van der Waals surface area contributed by atoms with Gasteiger partial charge in [0.25, 0.3) is 0 Å². The van der Waals surface area contributed by atoms with Gasteiger partial charge in [-0.25, -0.2) is 4.79 Å². The number of allylic oxidation sites excluding steroid dienone is 10. The molecule has 6 unspecified atom stereocenters. The molecule has 1 aliphatic rings. The fraction of sp³-hybridized carbons (Fsp3) is 0.778. The van der Waals surface area contributed by atoms with Crippen LogP contribution in [0.25, 0.3) is 0 Å².